The maximum absolute atomic E-state index is 13.3. The second-order valence-electron chi connectivity index (χ2n) is 8.52. The Morgan fingerprint density at radius 1 is 1.00 bits per heavy atom. The van der Waals surface area contributed by atoms with Crippen LogP contribution in [0.25, 0.3) is 0 Å². The average Bonchev–Trinajstić information content (AvgIpc) is 3.28. The molecular weight excluding hydrogens is 408 g/mol. The summed E-state index contributed by atoms with van der Waals surface area (Å²) in [4.78, 5) is 41.8. The van der Waals surface area contributed by atoms with E-state index in [0.717, 1.165) is 18.4 Å². The summed E-state index contributed by atoms with van der Waals surface area (Å²) in [6.45, 7) is 6.30. The third kappa shape index (κ3) is 4.30. The largest absolute Gasteiger partial charge is 0.362 e. The highest BCUT2D eigenvalue weighted by Crippen LogP contribution is 2.35. The maximum atomic E-state index is 13.3. The van der Waals surface area contributed by atoms with Crippen molar-refractivity contribution in [3.8, 4) is 0 Å². The monoisotopic (exact) mass is 436 g/mol. The van der Waals surface area contributed by atoms with Crippen LogP contribution in [-0.2, 0) is 4.79 Å². The first-order valence-electron chi connectivity index (χ1n) is 11.0. The fourth-order valence-electron chi connectivity index (χ4n) is 4.64. The number of piperazine rings is 1. The zero-order valence-electron chi connectivity index (χ0n) is 18.5. The summed E-state index contributed by atoms with van der Waals surface area (Å²) >= 11 is 0. The quantitative estimate of drug-likeness (QED) is 0.540. The number of nitro groups is 1. The third-order valence-electron chi connectivity index (χ3n) is 6.46. The Bertz CT molecular complexity index is 1030. The molecule has 4 rings (SSSR count). The summed E-state index contributed by atoms with van der Waals surface area (Å²) in [6.07, 6.45) is 1.79. The van der Waals surface area contributed by atoms with Crippen molar-refractivity contribution in [1.29, 1.82) is 0 Å². The normalized spacial score (nSPS) is 18.7. The number of likely N-dealkylation sites (tertiary alicyclic amines) is 1. The highest BCUT2D eigenvalue weighted by atomic mass is 16.6. The number of carbonyl (C=O) groups is 2. The van der Waals surface area contributed by atoms with Crippen LogP contribution < -0.4 is 4.90 Å². The smallest absolute Gasteiger partial charge is 0.293 e. The number of anilines is 1. The number of nitrogens with zero attached hydrogens (tertiary/aromatic N) is 4. The van der Waals surface area contributed by atoms with E-state index < -0.39 is 4.92 Å². The minimum absolute atomic E-state index is 0.00818. The lowest BCUT2D eigenvalue weighted by Gasteiger charge is -2.35. The van der Waals surface area contributed by atoms with Crippen LogP contribution >= 0.6 is 0 Å². The van der Waals surface area contributed by atoms with Crippen molar-refractivity contribution in [2.45, 2.75) is 32.7 Å². The first kappa shape index (κ1) is 21.8. The molecule has 2 aliphatic rings. The number of hydrogen-bond acceptors (Lipinski definition) is 5. The molecule has 2 fully saturated rings. The van der Waals surface area contributed by atoms with E-state index in [1.807, 2.05) is 28.9 Å². The van der Waals surface area contributed by atoms with Crippen LogP contribution in [0.3, 0.4) is 0 Å². The van der Waals surface area contributed by atoms with E-state index in [2.05, 4.69) is 12.1 Å². The molecule has 0 saturated carbocycles. The highest BCUT2D eigenvalue weighted by Gasteiger charge is 2.32. The van der Waals surface area contributed by atoms with Gasteiger partial charge in [-0.1, -0.05) is 29.8 Å². The maximum Gasteiger partial charge on any atom is 0.293 e. The molecule has 0 N–H and O–H groups in total. The van der Waals surface area contributed by atoms with Gasteiger partial charge in [0.25, 0.3) is 11.6 Å². The molecule has 1 unspecified atom stereocenters. The molecule has 2 aromatic rings. The Morgan fingerprint density at radius 3 is 2.31 bits per heavy atom. The lowest BCUT2D eigenvalue weighted by molar-refractivity contribution is -0.384. The van der Waals surface area contributed by atoms with Crippen molar-refractivity contribution >= 4 is 23.2 Å². The van der Waals surface area contributed by atoms with Crippen molar-refractivity contribution in [3.63, 3.8) is 0 Å². The van der Waals surface area contributed by atoms with Gasteiger partial charge in [-0.2, -0.15) is 0 Å². The molecule has 2 heterocycles. The topological polar surface area (TPSA) is 87.0 Å². The van der Waals surface area contributed by atoms with Crippen LogP contribution in [0.15, 0.2) is 42.5 Å². The molecule has 0 bridgehead atoms. The Morgan fingerprint density at radius 2 is 1.69 bits per heavy atom. The van der Waals surface area contributed by atoms with E-state index in [1.165, 1.54) is 18.6 Å². The van der Waals surface area contributed by atoms with E-state index >= 15 is 0 Å². The average molecular weight is 437 g/mol. The summed E-state index contributed by atoms with van der Waals surface area (Å²) in [6, 6.07) is 12.9. The van der Waals surface area contributed by atoms with Gasteiger partial charge in [0.2, 0.25) is 5.91 Å². The Hall–Kier alpha value is -3.42. The van der Waals surface area contributed by atoms with E-state index in [4.69, 9.17) is 0 Å². The van der Waals surface area contributed by atoms with Gasteiger partial charge in [-0.25, -0.2) is 0 Å². The minimum atomic E-state index is -0.426. The fourth-order valence-corrected chi connectivity index (χ4v) is 4.64. The number of nitro benzene ring substituents is 1. The predicted octanol–water partition coefficient (Wildman–Crippen LogP) is 3.55. The van der Waals surface area contributed by atoms with Gasteiger partial charge in [-0.3, -0.25) is 19.7 Å². The lowest BCUT2D eigenvalue weighted by Crippen LogP contribution is -2.48. The Balaban J connectivity index is 1.57. The zero-order valence-corrected chi connectivity index (χ0v) is 18.5. The molecular formula is C24H28N4O4. The first-order valence-corrected chi connectivity index (χ1v) is 11.0. The van der Waals surface area contributed by atoms with Gasteiger partial charge >= 0.3 is 0 Å². The van der Waals surface area contributed by atoms with Crippen molar-refractivity contribution < 1.29 is 14.5 Å². The number of aryl methyl sites for hydroxylation is 1. The van der Waals surface area contributed by atoms with Gasteiger partial charge in [-0.05, 0) is 37.5 Å². The summed E-state index contributed by atoms with van der Waals surface area (Å²) in [5.74, 6) is -0.169. The molecule has 1 atom stereocenters. The summed E-state index contributed by atoms with van der Waals surface area (Å²) in [7, 11) is 0. The van der Waals surface area contributed by atoms with Crippen molar-refractivity contribution in [3.05, 3.63) is 69.3 Å². The second kappa shape index (κ2) is 8.98. The molecule has 32 heavy (non-hydrogen) atoms. The molecule has 2 amide bonds. The van der Waals surface area contributed by atoms with Crippen LogP contribution in [0.2, 0.25) is 0 Å². The molecule has 8 heteroatoms. The van der Waals surface area contributed by atoms with E-state index in [1.54, 1.807) is 17.0 Å². The van der Waals surface area contributed by atoms with Crippen LogP contribution in [0.5, 0.6) is 0 Å². The molecule has 2 saturated heterocycles. The number of benzene rings is 2. The van der Waals surface area contributed by atoms with Gasteiger partial charge in [-0.15, -0.1) is 0 Å². The predicted molar refractivity (Wildman–Crippen MR) is 122 cm³/mol. The minimum Gasteiger partial charge on any atom is -0.362 e. The van der Waals surface area contributed by atoms with Crippen molar-refractivity contribution in [1.82, 2.24) is 9.80 Å². The van der Waals surface area contributed by atoms with Gasteiger partial charge in [0.05, 0.1) is 11.0 Å². The molecule has 8 nitrogen and oxygen atoms in total. The number of carbonyl (C=O) groups excluding carboxylic acids is 2. The molecule has 0 spiro atoms. The van der Waals surface area contributed by atoms with Crippen molar-refractivity contribution in [2.75, 3.05) is 37.6 Å². The van der Waals surface area contributed by atoms with Crippen LogP contribution in [0, 0.1) is 17.0 Å². The molecule has 2 aliphatic heterocycles. The molecule has 168 valence electrons. The summed E-state index contributed by atoms with van der Waals surface area (Å²) in [5.41, 5.74) is 3.02. The Labute approximate surface area is 187 Å². The zero-order chi connectivity index (χ0) is 22.8. The summed E-state index contributed by atoms with van der Waals surface area (Å²) < 4.78 is 0. The molecule has 0 aromatic heterocycles. The number of hydrogen-bond donors (Lipinski definition) is 0. The van der Waals surface area contributed by atoms with Gasteiger partial charge < -0.3 is 14.7 Å². The van der Waals surface area contributed by atoms with Crippen LogP contribution in [0.1, 0.15) is 47.3 Å². The van der Waals surface area contributed by atoms with Crippen molar-refractivity contribution in [2.24, 2.45) is 0 Å². The number of amides is 2. The van der Waals surface area contributed by atoms with E-state index in [0.29, 0.717) is 44.0 Å². The highest BCUT2D eigenvalue weighted by molar-refractivity contribution is 5.96. The van der Waals surface area contributed by atoms with Gasteiger partial charge in [0.1, 0.15) is 5.69 Å². The SMILES string of the molecule is CC(=O)N1CCN(c2ccc(C(=O)N3CCCC3c3ccc(C)cc3)cc2[N+](=O)[O-])CC1. The first-order chi connectivity index (χ1) is 15.3. The molecule has 2 aromatic carbocycles. The lowest BCUT2D eigenvalue weighted by atomic mass is 10.0. The van der Waals surface area contributed by atoms with Crippen LogP contribution in [0.4, 0.5) is 11.4 Å². The van der Waals surface area contributed by atoms with Gasteiger partial charge in [0.15, 0.2) is 0 Å². The summed E-state index contributed by atoms with van der Waals surface area (Å²) in [5, 5.41) is 11.8. The van der Waals surface area contributed by atoms with Gasteiger partial charge in [0, 0.05) is 51.3 Å². The molecule has 0 aliphatic carbocycles. The fraction of sp³-hybridized carbons (Fsp3) is 0.417. The van der Waals surface area contributed by atoms with E-state index in [-0.39, 0.29) is 23.5 Å². The Kier molecular flexibility index (Phi) is 6.12. The third-order valence-corrected chi connectivity index (χ3v) is 6.46. The molecule has 0 radical (unpaired) electrons. The van der Waals surface area contributed by atoms with E-state index in [9.17, 15) is 19.7 Å². The number of rotatable bonds is 4. The standard InChI is InChI=1S/C24H28N4O4/c1-17-5-7-19(8-6-17)21-4-3-11-27(21)24(30)20-9-10-22(23(16-20)28(31)32)26-14-12-25(13-15-26)18(2)29/h5-10,16,21H,3-4,11-15H2,1-2H3. The second-order valence-corrected chi connectivity index (χ2v) is 8.52. The van der Waals surface area contributed by atoms with Crippen LogP contribution in [-0.4, -0.2) is 59.3 Å².